The lowest BCUT2D eigenvalue weighted by Gasteiger charge is -2.19. The van der Waals surface area contributed by atoms with Crippen LogP contribution in [0.4, 0.5) is 0 Å². The molecular weight excluding hydrogens is 354 g/mol. The summed E-state index contributed by atoms with van der Waals surface area (Å²) in [7, 11) is -3.68. The molecule has 24 heavy (non-hydrogen) atoms. The summed E-state index contributed by atoms with van der Waals surface area (Å²) in [6.07, 6.45) is 1.47. The summed E-state index contributed by atoms with van der Waals surface area (Å²) in [5.74, 6) is -0.237. The Morgan fingerprint density at radius 1 is 1.25 bits per heavy atom. The molecule has 0 spiro atoms. The van der Waals surface area contributed by atoms with Crippen LogP contribution < -0.4 is 0 Å². The van der Waals surface area contributed by atoms with Gasteiger partial charge in [-0.25, -0.2) is 13.2 Å². The molecule has 6 nitrogen and oxygen atoms in total. The maximum atomic E-state index is 12.5. The van der Waals surface area contributed by atoms with Crippen LogP contribution in [0.3, 0.4) is 0 Å². The van der Waals surface area contributed by atoms with E-state index < -0.39 is 16.0 Å². The lowest BCUT2D eigenvalue weighted by Crippen LogP contribution is -2.30. The Balaban J connectivity index is 2.26. The van der Waals surface area contributed by atoms with E-state index in [-0.39, 0.29) is 22.1 Å². The second-order valence-electron chi connectivity index (χ2n) is 4.89. The summed E-state index contributed by atoms with van der Waals surface area (Å²) in [5, 5.41) is 0.123. The smallest absolute Gasteiger partial charge is 0.340 e. The minimum atomic E-state index is -3.68. The van der Waals surface area contributed by atoms with Crippen molar-refractivity contribution in [1.29, 1.82) is 0 Å². The number of ether oxygens (including phenoxy) is 1. The van der Waals surface area contributed by atoms with Gasteiger partial charge in [0.25, 0.3) is 0 Å². The van der Waals surface area contributed by atoms with Crippen molar-refractivity contribution in [3.05, 3.63) is 52.9 Å². The summed E-state index contributed by atoms with van der Waals surface area (Å²) in [6, 6.07) is 7.32. The van der Waals surface area contributed by atoms with Gasteiger partial charge in [0.2, 0.25) is 10.0 Å². The van der Waals surface area contributed by atoms with Crippen LogP contribution in [0.2, 0.25) is 5.02 Å². The molecule has 0 atom stereocenters. The quantitative estimate of drug-likeness (QED) is 0.698. The van der Waals surface area contributed by atoms with Crippen LogP contribution in [0.25, 0.3) is 0 Å². The monoisotopic (exact) mass is 371 g/mol. The number of benzene rings is 1. The Labute approximate surface area is 146 Å². The Kier molecular flexibility index (Phi) is 6.04. The molecule has 0 aliphatic heterocycles. The molecule has 0 aliphatic carbocycles. The number of esters is 1. The van der Waals surface area contributed by atoms with E-state index in [1.807, 2.05) is 0 Å². The summed E-state index contributed by atoms with van der Waals surface area (Å²) in [6.45, 7) is 4.10. The Bertz CT molecular complexity index is 798. The van der Waals surface area contributed by atoms with Crippen molar-refractivity contribution >= 4 is 27.6 Å². The van der Waals surface area contributed by atoms with Crippen molar-refractivity contribution in [2.24, 2.45) is 0 Å². The van der Waals surface area contributed by atoms with Crippen molar-refractivity contribution in [3.8, 4) is 0 Å². The molecule has 2 rings (SSSR count). The summed E-state index contributed by atoms with van der Waals surface area (Å²) in [4.78, 5) is 12.2. The first-order chi connectivity index (χ1) is 11.4. The Morgan fingerprint density at radius 3 is 2.54 bits per heavy atom. The van der Waals surface area contributed by atoms with Gasteiger partial charge in [0, 0.05) is 13.1 Å². The molecule has 2 aromatic rings. The highest BCUT2D eigenvalue weighted by atomic mass is 35.5. The molecule has 0 N–H and O–H groups in total. The van der Waals surface area contributed by atoms with Crippen LogP contribution in [0.15, 0.2) is 45.9 Å². The van der Waals surface area contributed by atoms with Gasteiger partial charge < -0.3 is 9.15 Å². The first kappa shape index (κ1) is 18.5. The fourth-order valence-electron chi connectivity index (χ4n) is 2.14. The molecule has 8 heteroatoms. The van der Waals surface area contributed by atoms with Gasteiger partial charge in [0.1, 0.15) is 12.4 Å². The highest BCUT2D eigenvalue weighted by Crippen LogP contribution is 2.24. The minimum absolute atomic E-state index is 0.000508. The van der Waals surface area contributed by atoms with Crippen molar-refractivity contribution in [2.75, 3.05) is 13.1 Å². The topological polar surface area (TPSA) is 76.8 Å². The predicted octanol–water partition coefficient (Wildman–Crippen LogP) is 3.32. The zero-order chi connectivity index (χ0) is 17.7. The lowest BCUT2D eigenvalue weighted by molar-refractivity contribution is 0.0445. The summed E-state index contributed by atoms with van der Waals surface area (Å²) in [5.41, 5.74) is -0.00328. The number of halogens is 1. The molecule has 0 fully saturated rings. The molecular formula is C16H18ClNO5S. The van der Waals surface area contributed by atoms with Crippen LogP contribution in [0.1, 0.15) is 30.0 Å². The van der Waals surface area contributed by atoms with Gasteiger partial charge in [-0.1, -0.05) is 25.4 Å². The molecule has 1 aromatic carbocycles. The molecule has 0 aliphatic rings. The van der Waals surface area contributed by atoms with Crippen molar-refractivity contribution < 1.29 is 22.4 Å². The summed E-state index contributed by atoms with van der Waals surface area (Å²) >= 11 is 6.02. The van der Waals surface area contributed by atoms with E-state index >= 15 is 0 Å². The zero-order valence-corrected chi connectivity index (χ0v) is 14.9. The average molecular weight is 372 g/mol. The lowest BCUT2D eigenvalue weighted by atomic mass is 10.2. The fraction of sp³-hybridized carbons (Fsp3) is 0.312. The number of carbonyl (C=O) groups is 1. The number of sulfonamides is 1. The molecule has 1 heterocycles. The second kappa shape index (κ2) is 7.83. The van der Waals surface area contributed by atoms with Crippen LogP contribution in [-0.2, 0) is 21.4 Å². The van der Waals surface area contributed by atoms with E-state index in [9.17, 15) is 13.2 Å². The van der Waals surface area contributed by atoms with Gasteiger partial charge >= 0.3 is 5.97 Å². The van der Waals surface area contributed by atoms with Crippen LogP contribution in [0, 0.1) is 0 Å². The maximum Gasteiger partial charge on any atom is 0.340 e. The van der Waals surface area contributed by atoms with E-state index in [2.05, 4.69) is 0 Å². The van der Waals surface area contributed by atoms with Crippen LogP contribution >= 0.6 is 11.6 Å². The molecule has 0 radical (unpaired) electrons. The fourth-order valence-corrected chi connectivity index (χ4v) is 3.82. The molecule has 1 aromatic heterocycles. The Hall–Kier alpha value is -1.83. The second-order valence-corrected chi connectivity index (χ2v) is 7.23. The summed E-state index contributed by atoms with van der Waals surface area (Å²) < 4.78 is 36.6. The van der Waals surface area contributed by atoms with E-state index in [0.717, 1.165) is 0 Å². The number of nitrogens with zero attached hydrogens (tertiary/aromatic N) is 1. The maximum absolute atomic E-state index is 12.5. The first-order valence-corrected chi connectivity index (χ1v) is 9.21. The highest BCUT2D eigenvalue weighted by molar-refractivity contribution is 7.89. The van der Waals surface area contributed by atoms with E-state index in [4.69, 9.17) is 20.8 Å². The SMILES string of the molecule is CCN(CC)S(=O)(=O)c1ccc(Cl)c(C(=O)OCc2ccco2)c1. The van der Waals surface area contributed by atoms with Gasteiger partial charge in [-0.15, -0.1) is 0 Å². The third kappa shape index (κ3) is 3.98. The largest absolute Gasteiger partial charge is 0.466 e. The number of carbonyl (C=O) groups excluding carboxylic acids is 1. The van der Waals surface area contributed by atoms with Crippen molar-refractivity contribution in [1.82, 2.24) is 4.31 Å². The number of hydrogen-bond donors (Lipinski definition) is 0. The van der Waals surface area contributed by atoms with Crippen molar-refractivity contribution in [2.45, 2.75) is 25.3 Å². The number of rotatable bonds is 7. The van der Waals surface area contributed by atoms with E-state index in [0.29, 0.717) is 18.8 Å². The normalized spacial score (nSPS) is 11.7. The minimum Gasteiger partial charge on any atom is -0.466 e. The number of furan rings is 1. The zero-order valence-electron chi connectivity index (χ0n) is 13.4. The standard InChI is InChI=1S/C16H18ClNO5S/c1-3-18(4-2)24(20,21)13-7-8-15(17)14(10-13)16(19)23-11-12-6-5-9-22-12/h5-10H,3-4,11H2,1-2H3. The van der Waals surface area contributed by atoms with Gasteiger partial charge in [-0.3, -0.25) is 0 Å². The number of hydrogen-bond acceptors (Lipinski definition) is 5. The van der Waals surface area contributed by atoms with E-state index in [1.165, 1.54) is 28.8 Å². The molecule has 0 saturated heterocycles. The molecule has 0 bridgehead atoms. The molecule has 0 amide bonds. The van der Waals surface area contributed by atoms with Gasteiger partial charge in [0.05, 0.1) is 21.7 Å². The highest BCUT2D eigenvalue weighted by Gasteiger charge is 2.24. The Morgan fingerprint density at radius 2 is 1.96 bits per heavy atom. The van der Waals surface area contributed by atoms with Crippen LogP contribution in [-0.4, -0.2) is 31.8 Å². The average Bonchev–Trinajstić information content (AvgIpc) is 3.07. The molecule has 130 valence electrons. The van der Waals surface area contributed by atoms with Gasteiger partial charge in [0.15, 0.2) is 0 Å². The first-order valence-electron chi connectivity index (χ1n) is 7.39. The van der Waals surface area contributed by atoms with Gasteiger partial charge in [-0.05, 0) is 30.3 Å². The van der Waals surface area contributed by atoms with Crippen molar-refractivity contribution in [3.63, 3.8) is 0 Å². The molecule has 0 unspecified atom stereocenters. The predicted molar refractivity (Wildman–Crippen MR) is 89.4 cm³/mol. The van der Waals surface area contributed by atoms with Gasteiger partial charge in [-0.2, -0.15) is 4.31 Å². The third-order valence-electron chi connectivity index (χ3n) is 3.43. The third-order valence-corrected chi connectivity index (χ3v) is 5.80. The van der Waals surface area contributed by atoms with Crippen LogP contribution in [0.5, 0.6) is 0 Å². The molecule has 0 saturated carbocycles. The van der Waals surface area contributed by atoms with E-state index in [1.54, 1.807) is 26.0 Å².